The van der Waals surface area contributed by atoms with Crippen molar-refractivity contribution in [2.75, 3.05) is 0 Å². The molecule has 0 bridgehead atoms. The number of rotatable bonds is 6. The third kappa shape index (κ3) is 3.81. The molecule has 5 heterocycles. The van der Waals surface area contributed by atoms with E-state index in [0.717, 1.165) is 14.4 Å². The predicted molar refractivity (Wildman–Crippen MR) is 116 cm³/mol. The second-order valence-corrected chi connectivity index (χ2v) is 8.77. The zero-order valence-electron chi connectivity index (χ0n) is 18.1. The first-order chi connectivity index (χ1) is 16.3. The van der Waals surface area contributed by atoms with Gasteiger partial charge in [-0.3, -0.25) is 9.20 Å². The molecule has 0 aliphatic rings. The summed E-state index contributed by atoms with van der Waals surface area (Å²) in [4.78, 5) is 23.7. The number of aromatic nitrogens is 8. The van der Waals surface area contributed by atoms with Crippen LogP contribution in [0.15, 0.2) is 35.1 Å². The largest absolute Gasteiger partial charge is 0.340 e. The van der Waals surface area contributed by atoms with Crippen molar-refractivity contribution in [3.8, 4) is 16.3 Å². The summed E-state index contributed by atoms with van der Waals surface area (Å²) in [6.45, 7) is 5.33. The normalized spacial score (nSPS) is 12.5. The summed E-state index contributed by atoms with van der Waals surface area (Å²) >= 11 is 1.54. The highest BCUT2D eigenvalue weighted by Crippen LogP contribution is 2.31. The molecule has 174 valence electrons. The second kappa shape index (κ2) is 8.37. The third-order valence-corrected chi connectivity index (χ3v) is 6.04. The van der Waals surface area contributed by atoms with Crippen LogP contribution in [0.2, 0.25) is 0 Å². The smallest absolute Gasteiger partial charge is 0.299 e. The Hall–Kier alpha value is -4.07. The molecule has 1 N–H and O–H groups in total. The van der Waals surface area contributed by atoms with E-state index in [2.05, 4.69) is 36.0 Å². The van der Waals surface area contributed by atoms with Crippen LogP contribution in [-0.4, -0.2) is 45.6 Å². The Kier molecular flexibility index (Phi) is 5.36. The molecule has 5 aromatic rings. The van der Waals surface area contributed by atoms with E-state index < -0.39 is 24.2 Å². The number of tetrazole rings is 1. The summed E-state index contributed by atoms with van der Waals surface area (Å²) in [5.41, 5.74) is 1.31. The first-order valence-electron chi connectivity index (χ1n) is 10.1. The molecular weight excluding hydrogens is 468 g/mol. The van der Waals surface area contributed by atoms with Crippen molar-refractivity contribution < 1.29 is 18.1 Å². The summed E-state index contributed by atoms with van der Waals surface area (Å²) in [7, 11) is 0. The van der Waals surface area contributed by atoms with Gasteiger partial charge in [0.25, 0.3) is 12.3 Å². The second-order valence-electron chi connectivity index (χ2n) is 7.49. The van der Waals surface area contributed by atoms with Crippen LogP contribution >= 0.6 is 11.3 Å². The van der Waals surface area contributed by atoms with Crippen LogP contribution in [0.4, 0.5) is 8.78 Å². The predicted octanol–water partition coefficient (Wildman–Crippen LogP) is 3.47. The van der Waals surface area contributed by atoms with Gasteiger partial charge in [0.1, 0.15) is 11.7 Å². The Balaban J connectivity index is 1.64. The highest BCUT2D eigenvalue weighted by Gasteiger charge is 2.24. The number of thiophene rings is 1. The maximum absolute atomic E-state index is 13.5. The van der Waals surface area contributed by atoms with Crippen LogP contribution < -0.4 is 5.32 Å². The lowest BCUT2D eigenvalue weighted by Gasteiger charge is -2.13. The van der Waals surface area contributed by atoms with Gasteiger partial charge in [-0.2, -0.15) is 9.67 Å². The fourth-order valence-corrected chi connectivity index (χ4v) is 4.31. The van der Waals surface area contributed by atoms with E-state index in [9.17, 15) is 13.6 Å². The Bertz CT molecular complexity index is 1500. The van der Waals surface area contributed by atoms with Gasteiger partial charge < -0.3 is 9.84 Å². The van der Waals surface area contributed by atoms with Gasteiger partial charge in [-0.15, -0.1) is 16.4 Å². The number of carbonyl (C=O) groups is 1. The fourth-order valence-electron chi connectivity index (χ4n) is 3.44. The van der Waals surface area contributed by atoms with Crippen molar-refractivity contribution >= 4 is 22.9 Å². The number of pyridine rings is 1. The molecule has 1 amide bonds. The van der Waals surface area contributed by atoms with Crippen molar-refractivity contribution in [2.24, 2.45) is 0 Å². The Labute approximate surface area is 194 Å². The maximum Gasteiger partial charge on any atom is 0.299 e. The molecule has 0 aliphatic carbocycles. The quantitative estimate of drug-likeness (QED) is 0.387. The SMILES string of the molecule is Cc1noc([C@@H](C)NC(=O)c2cc(-n3nnnc3C(F)F)c3ncc(-c4ccc(C)s4)n3c2)n1. The van der Waals surface area contributed by atoms with Crippen molar-refractivity contribution in [3.63, 3.8) is 0 Å². The summed E-state index contributed by atoms with van der Waals surface area (Å²) in [6.07, 6.45) is 0.272. The van der Waals surface area contributed by atoms with Crippen molar-refractivity contribution in [2.45, 2.75) is 33.2 Å². The molecule has 0 unspecified atom stereocenters. The maximum atomic E-state index is 13.5. The van der Waals surface area contributed by atoms with Gasteiger partial charge in [0, 0.05) is 11.1 Å². The van der Waals surface area contributed by atoms with Crippen molar-refractivity contribution in [1.29, 1.82) is 0 Å². The first kappa shape index (κ1) is 21.8. The minimum atomic E-state index is -2.93. The average molecular weight is 485 g/mol. The highest BCUT2D eigenvalue weighted by atomic mass is 32.1. The van der Waals surface area contributed by atoms with E-state index in [1.807, 2.05) is 19.1 Å². The molecule has 0 radical (unpaired) electrons. The van der Waals surface area contributed by atoms with Gasteiger partial charge in [0.2, 0.25) is 11.7 Å². The lowest BCUT2D eigenvalue weighted by atomic mass is 10.2. The standard InChI is InChI=1S/C20H17F2N9O2S/c1-9-4-5-15(34-9)14-7-23-17-13(31-18(16(21)22)26-28-29-31)6-12(8-30(14)17)19(32)24-10(2)20-25-11(3)27-33-20/h4-8,10,16H,1-3H3,(H,24,32)/t10-/m1/s1. The van der Waals surface area contributed by atoms with Gasteiger partial charge in [-0.05, 0) is 49.4 Å². The third-order valence-electron chi connectivity index (χ3n) is 5.02. The zero-order valence-corrected chi connectivity index (χ0v) is 18.9. The molecule has 14 heteroatoms. The highest BCUT2D eigenvalue weighted by molar-refractivity contribution is 7.15. The lowest BCUT2D eigenvalue weighted by molar-refractivity contribution is 0.0932. The number of nitrogens with zero attached hydrogens (tertiary/aromatic N) is 8. The zero-order chi connectivity index (χ0) is 24.0. The van der Waals surface area contributed by atoms with E-state index >= 15 is 0 Å². The molecule has 1 atom stereocenters. The monoisotopic (exact) mass is 485 g/mol. The summed E-state index contributed by atoms with van der Waals surface area (Å²) in [5.74, 6) is -0.469. The summed E-state index contributed by atoms with van der Waals surface area (Å²) in [6, 6.07) is 4.72. The van der Waals surface area contributed by atoms with Gasteiger partial charge in [-0.25, -0.2) is 13.8 Å². The number of amides is 1. The van der Waals surface area contributed by atoms with Crippen LogP contribution in [0.25, 0.3) is 21.9 Å². The van der Waals surface area contributed by atoms with Gasteiger partial charge in [0.05, 0.1) is 22.3 Å². The fraction of sp³-hybridized carbons (Fsp3) is 0.250. The van der Waals surface area contributed by atoms with Crippen LogP contribution in [0, 0.1) is 13.8 Å². The van der Waals surface area contributed by atoms with E-state index in [1.54, 1.807) is 42.0 Å². The minimum Gasteiger partial charge on any atom is -0.340 e. The van der Waals surface area contributed by atoms with Crippen molar-refractivity contribution in [1.82, 2.24) is 45.0 Å². The minimum absolute atomic E-state index is 0.133. The van der Waals surface area contributed by atoms with Crippen LogP contribution in [0.3, 0.4) is 0 Å². The first-order valence-corrected chi connectivity index (χ1v) is 10.9. The Morgan fingerprint density at radius 3 is 2.76 bits per heavy atom. The topological polar surface area (TPSA) is 129 Å². The molecule has 0 aliphatic heterocycles. The number of halogens is 2. The number of hydrogen-bond acceptors (Lipinski definition) is 9. The van der Waals surface area contributed by atoms with E-state index in [-0.39, 0.29) is 17.1 Å². The van der Waals surface area contributed by atoms with Gasteiger partial charge >= 0.3 is 0 Å². The Morgan fingerprint density at radius 1 is 1.26 bits per heavy atom. The van der Waals surface area contributed by atoms with Crippen molar-refractivity contribution in [3.05, 3.63) is 58.6 Å². The molecule has 0 aromatic carbocycles. The van der Waals surface area contributed by atoms with E-state index in [4.69, 9.17) is 4.52 Å². The molecule has 34 heavy (non-hydrogen) atoms. The number of imidazole rings is 1. The molecule has 0 fully saturated rings. The molecule has 5 rings (SSSR count). The summed E-state index contributed by atoms with van der Waals surface area (Å²) < 4.78 is 34.8. The number of nitrogens with one attached hydrogen (secondary N) is 1. The molecule has 0 saturated heterocycles. The molecule has 11 nitrogen and oxygen atoms in total. The lowest BCUT2D eigenvalue weighted by Crippen LogP contribution is -2.27. The average Bonchev–Trinajstić information content (AvgIpc) is 3.59. The van der Waals surface area contributed by atoms with Crippen LogP contribution in [0.1, 0.15) is 52.2 Å². The van der Waals surface area contributed by atoms with E-state index in [1.165, 1.54) is 6.07 Å². The summed E-state index contributed by atoms with van der Waals surface area (Å²) in [5, 5.41) is 17.0. The van der Waals surface area contributed by atoms with Gasteiger partial charge in [0.15, 0.2) is 11.5 Å². The van der Waals surface area contributed by atoms with Crippen LogP contribution in [0.5, 0.6) is 0 Å². The Morgan fingerprint density at radius 2 is 2.09 bits per heavy atom. The number of hydrogen-bond donors (Lipinski definition) is 1. The van der Waals surface area contributed by atoms with Crippen LogP contribution in [-0.2, 0) is 0 Å². The molecule has 0 spiro atoms. The molecular formula is C20H17F2N9O2S. The molecule has 0 saturated carbocycles. The number of aryl methyl sites for hydroxylation is 2. The number of carbonyl (C=O) groups excluding carboxylic acids is 1. The number of fused-ring (bicyclic) bond motifs is 1. The van der Waals surface area contributed by atoms with Gasteiger partial charge in [-0.1, -0.05) is 5.16 Å². The number of alkyl halides is 2. The molecule has 5 aromatic heterocycles. The van der Waals surface area contributed by atoms with E-state index in [0.29, 0.717) is 17.2 Å².